The average molecular weight is 415 g/mol. The zero-order valence-corrected chi connectivity index (χ0v) is 18.7. The molecule has 0 saturated heterocycles. The highest BCUT2D eigenvalue weighted by Crippen LogP contribution is 2.65. The van der Waals surface area contributed by atoms with Gasteiger partial charge in [0.05, 0.1) is 18.8 Å². The Hall–Kier alpha value is -1.27. The minimum atomic E-state index is -0.586. The minimum Gasteiger partial charge on any atom is -0.387 e. The molecular formula is C24H38N4O2. The lowest BCUT2D eigenvalue weighted by atomic mass is 9.48. The fourth-order valence-electron chi connectivity index (χ4n) is 8.59. The van der Waals surface area contributed by atoms with Gasteiger partial charge in [0, 0.05) is 7.11 Å². The Bertz CT molecular complexity index is 767. The maximum atomic E-state index is 10.9. The van der Waals surface area contributed by atoms with E-state index in [0.29, 0.717) is 30.4 Å². The van der Waals surface area contributed by atoms with Gasteiger partial charge >= 0.3 is 0 Å². The number of aliphatic hydroxyl groups is 1. The molecule has 4 saturated carbocycles. The summed E-state index contributed by atoms with van der Waals surface area (Å²) in [7, 11) is 1.71. The molecule has 30 heavy (non-hydrogen) atoms. The molecule has 166 valence electrons. The van der Waals surface area contributed by atoms with Crippen LogP contribution in [0, 0.1) is 40.9 Å². The topological polar surface area (TPSA) is 73.1 Å². The molecule has 4 fully saturated rings. The molecule has 0 spiro atoms. The summed E-state index contributed by atoms with van der Waals surface area (Å²) < 4.78 is 5.34. The fraction of sp³-hybridized carbons (Fsp3) is 0.875. The highest BCUT2D eigenvalue weighted by Gasteiger charge is 2.58. The SMILES string of the molecule is C=C(Cn1ncnn1)[C@H]1CC[C@H]2[C@@H]3CC[C@@H]4C[C@@](O)(COC)CC[C@@H]4[C@H]3CC[C@]12C. The van der Waals surface area contributed by atoms with Gasteiger partial charge in [0.15, 0.2) is 6.33 Å². The van der Waals surface area contributed by atoms with Gasteiger partial charge in [0.2, 0.25) is 0 Å². The van der Waals surface area contributed by atoms with Crippen LogP contribution in [0.5, 0.6) is 0 Å². The van der Waals surface area contributed by atoms with Crippen molar-refractivity contribution in [3.63, 3.8) is 0 Å². The molecule has 0 amide bonds. The van der Waals surface area contributed by atoms with Crippen molar-refractivity contribution >= 4 is 0 Å². The van der Waals surface area contributed by atoms with E-state index in [1.54, 1.807) is 11.9 Å². The van der Waals surface area contributed by atoms with Crippen molar-refractivity contribution in [3.05, 3.63) is 18.5 Å². The number of rotatable bonds is 5. The van der Waals surface area contributed by atoms with Crippen LogP contribution in [0.25, 0.3) is 0 Å². The maximum absolute atomic E-state index is 10.9. The summed E-state index contributed by atoms with van der Waals surface area (Å²) in [5.41, 5.74) is 1.07. The summed E-state index contributed by atoms with van der Waals surface area (Å²) in [4.78, 5) is 1.68. The lowest BCUT2D eigenvalue weighted by molar-refractivity contribution is -0.123. The molecule has 8 atom stereocenters. The second-order valence-corrected chi connectivity index (χ2v) is 11.1. The van der Waals surface area contributed by atoms with Crippen LogP contribution >= 0.6 is 0 Å². The van der Waals surface area contributed by atoms with E-state index in [4.69, 9.17) is 4.74 Å². The number of fused-ring (bicyclic) bond motifs is 5. The van der Waals surface area contributed by atoms with Crippen molar-refractivity contribution in [2.45, 2.75) is 76.9 Å². The van der Waals surface area contributed by atoms with E-state index in [-0.39, 0.29) is 0 Å². The number of ether oxygens (including phenoxy) is 1. The van der Waals surface area contributed by atoms with Crippen LogP contribution in [0.2, 0.25) is 0 Å². The first-order chi connectivity index (χ1) is 14.4. The molecule has 0 aliphatic heterocycles. The summed E-state index contributed by atoms with van der Waals surface area (Å²) in [5.74, 6) is 4.62. The van der Waals surface area contributed by atoms with Crippen molar-refractivity contribution in [2.75, 3.05) is 13.7 Å². The number of hydrogen-bond acceptors (Lipinski definition) is 5. The summed E-state index contributed by atoms with van der Waals surface area (Å²) >= 11 is 0. The third-order valence-electron chi connectivity index (χ3n) is 9.75. The Labute approximate surface area is 180 Å². The summed E-state index contributed by atoms with van der Waals surface area (Å²) in [6.45, 7) is 8.23. The monoisotopic (exact) mass is 414 g/mol. The second kappa shape index (κ2) is 7.70. The van der Waals surface area contributed by atoms with E-state index >= 15 is 0 Å². The molecule has 5 rings (SSSR count). The summed E-state index contributed by atoms with van der Waals surface area (Å²) in [6.07, 6.45) is 12.5. The normalized spacial score (nSPS) is 45.4. The van der Waals surface area contributed by atoms with E-state index in [9.17, 15) is 5.11 Å². The molecular weight excluding hydrogens is 376 g/mol. The smallest absolute Gasteiger partial charge is 0.162 e. The van der Waals surface area contributed by atoms with Gasteiger partial charge in [-0.3, -0.25) is 0 Å². The first-order valence-electron chi connectivity index (χ1n) is 12.0. The third kappa shape index (κ3) is 3.35. The molecule has 0 bridgehead atoms. The van der Waals surface area contributed by atoms with Crippen molar-refractivity contribution in [2.24, 2.45) is 40.9 Å². The highest BCUT2D eigenvalue weighted by atomic mass is 16.5. The highest BCUT2D eigenvalue weighted by molar-refractivity contribution is 5.15. The van der Waals surface area contributed by atoms with Gasteiger partial charge < -0.3 is 9.84 Å². The molecule has 6 heteroatoms. The number of aromatic nitrogens is 4. The van der Waals surface area contributed by atoms with Crippen LogP contribution in [0.1, 0.15) is 64.7 Å². The molecule has 4 aliphatic carbocycles. The largest absolute Gasteiger partial charge is 0.387 e. The fourth-order valence-corrected chi connectivity index (χ4v) is 8.59. The van der Waals surface area contributed by atoms with Gasteiger partial charge in [0.1, 0.15) is 0 Å². The number of methoxy groups -OCH3 is 1. The molecule has 4 aliphatic rings. The first kappa shape index (κ1) is 20.6. The van der Waals surface area contributed by atoms with E-state index < -0.39 is 5.60 Å². The molecule has 0 unspecified atom stereocenters. The van der Waals surface area contributed by atoms with Gasteiger partial charge in [-0.05, 0) is 104 Å². The molecule has 1 N–H and O–H groups in total. The predicted octanol–water partition coefficient (Wildman–Crippen LogP) is 3.88. The van der Waals surface area contributed by atoms with E-state index in [1.807, 2.05) is 0 Å². The third-order valence-corrected chi connectivity index (χ3v) is 9.75. The molecule has 0 aromatic carbocycles. The van der Waals surface area contributed by atoms with E-state index in [2.05, 4.69) is 28.9 Å². The van der Waals surface area contributed by atoms with E-state index in [0.717, 1.165) is 36.5 Å². The standard InChI is InChI=1S/C24H38N4O2/c1-16(13-28-26-15-25-27-28)21-6-7-22-20-5-4-17-12-24(29,14-30-3)11-9-18(17)19(20)8-10-23(21,22)2/h15,17-22,29H,1,4-14H2,2-3H3/t17-,18+,19-,20-,21-,22+,23-,24-/m1/s1. The lowest BCUT2D eigenvalue weighted by Crippen LogP contribution is -2.52. The number of hydrogen-bond donors (Lipinski definition) is 1. The molecule has 1 aromatic rings. The summed E-state index contributed by atoms with van der Waals surface area (Å²) in [6, 6.07) is 0. The van der Waals surface area contributed by atoms with Gasteiger partial charge in [-0.1, -0.05) is 19.1 Å². The zero-order chi connectivity index (χ0) is 20.9. The molecule has 0 radical (unpaired) electrons. The Kier molecular flexibility index (Phi) is 5.29. The van der Waals surface area contributed by atoms with Crippen LogP contribution in [0.3, 0.4) is 0 Å². The molecule has 1 heterocycles. The minimum absolute atomic E-state index is 0.372. The predicted molar refractivity (Wildman–Crippen MR) is 114 cm³/mol. The van der Waals surface area contributed by atoms with Crippen molar-refractivity contribution in [1.29, 1.82) is 0 Å². The van der Waals surface area contributed by atoms with Crippen LogP contribution < -0.4 is 0 Å². The Balaban J connectivity index is 1.29. The van der Waals surface area contributed by atoms with Crippen molar-refractivity contribution < 1.29 is 9.84 Å². The second-order valence-electron chi connectivity index (χ2n) is 11.1. The summed E-state index contributed by atoms with van der Waals surface area (Å²) in [5, 5.41) is 23.0. The van der Waals surface area contributed by atoms with Crippen LogP contribution in [-0.2, 0) is 11.3 Å². The van der Waals surface area contributed by atoms with Crippen LogP contribution in [0.4, 0.5) is 0 Å². The Morgan fingerprint density at radius 1 is 1.13 bits per heavy atom. The number of allylic oxidation sites excluding steroid dienone is 1. The molecule has 1 aromatic heterocycles. The maximum Gasteiger partial charge on any atom is 0.162 e. The van der Waals surface area contributed by atoms with Gasteiger partial charge in [-0.15, -0.1) is 10.2 Å². The number of nitrogens with zero attached hydrogens (tertiary/aromatic N) is 4. The quantitative estimate of drug-likeness (QED) is 0.741. The van der Waals surface area contributed by atoms with Gasteiger partial charge in [-0.2, -0.15) is 4.80 Å². The van der Waals surface area contributed by atoms with Crippen molar-refractivity contribution in [3.8, 4) is 0 Å². The lowest BCUT2D eigenvalue weighted by Gasteiger charge is -2.57. The van der Waals surface area contributed by atoms with Gasteiger partial charge in [0.25, 0.3) is 0 Å². The van der Waals surface area contributed by atoms with Gasteiger partial charge in [-0.25, -0.2) is 0 Å². The van der Waals surface area contributed by atoms with Crippen molar-refractivity contribution in [1.82, 2.24) is 20.2 Å². The number of tetrazole rings is 1. The molecule has 6 nitrogen and oxygen atoms in total. The van der Waals surface area contributed by atoms with Crippen LogP contribution in [0.15, 0.2) is 18.5 Å². The van der Waals surface area contributed by atoms with E-state index in [1.165, 1.54) is 56.8 Å². The van der Waals surface area contributed by atoms with Crippen LogP contribution in [-0.4, -0.2) is 44.6 Å². The Morgan fingerprint density at radius 2 is 1.97 bits per heavy atom. The first-order valence-corrected chi connectivity index (χ1v) is 12.0. The average Bonchev–Trinajstić information content (AvgIpc) is 3.34. The Morgan fingerprint density at radius 3 is 2.73 bits per heavy atom. The zero-order valence-electron chi connectivity index (χ0n) is 18.7.